The van der Waals surface area contributed by atoms with Gasteiger partial charge in [0.15, 0.2) is 5.96 Å². The van der Waals surface area contributed by atoms with Crippen molar-refractivity contribution in [1.29, 1.82) is 0 Å². The van der Waals surface area contributed by atoms with E-state index < -0.39 is 10.0 Å². The van der Waals surface area contributed by atoms with Crippen LogP contribution in [0.1, 0.15) is 24.8 Å². The molecular formula is C18H32IN5O2S. The number of nitrogens with one attached hydrogen (secondary N) is 3. The lowest BCUT2D eigenvalue weighted by molar-refractivity contribution is 0.232. The number of hydrogen-bond acceptors (Lipinski definition) is 4. The van der Waals surface area contributed by atoms with Crippen molar-refractivity contribution in [2.24, 2.45) is 4.99 Å². The third kappa shape index (κ3) is 8.75. The predicted octanol–water partition coefficient (Wildman–Crippen LogP) is 1.54. The van der Waals surface area contributed by atoms with Crippen molar-refractivity contribution in [2.75, 3.05) is 46.3 Å². The minimum absolute atomic E-state index is 0. The monoisotopic (exact) mass is 509 g/mol. The Morgan fingerprint density at radius 2 is 1.67 bits per heavy atom. The summed E-state index contributed by atoms with van der Waals surface area (Å²) in [5.41, 5.74) is 1.03. The molecule has 154 valence electrons. The Hall–Kier alpha value is -0.910. The number of sulfonamides is 1. The topological polar surface area (TPSA) is 85.8 Å². The number of aliphatic imine (C=N–C) groups is 1. The normalized spacial score (nSPS) is 15.9. The molecule has 3 N–H and O–H groups in total. The molecule has 0 aliphatic carbocycles. The maximum absolute atomic E-state index is 12.2. The summed E-state index contributed by atoms with van der Waals surface area (Å²) >= 11 is 0. The van der Waals surface area contributed by atoms with Gasteiger partial charge in [-0.3, -0.25) is 4.99 Å². The van der Waals surface area contributed by atoms with E-state index >= 15 is 0 Å². The molecule has 0 amide bonds. The number of guanidine groups is 1. The van der Waals surface area contributed by atoms with Gasteiger partial charge in [0.25, 0.3) is 0 Å². The highest BCUT2D eigenvalue weighted by Gasteiger charge is 2.13. The summed E-state index contributed by atoms with van der Waals surface area (Å²) in [6.07, 6.45) is 3.91. The smallest absolute Gasteiger partial charge is 0.240 e. The van der Waals surface area contributed by atoms with Crippen LogP contribution in [0, 0.1) is 6.92 Å². The number of nitrogens with zero attached hydrogens (tertiary/aromatic N) is 2. The zero-order chi connectivity index (χ0) is 18.8. The quantitative estimate of drug-likeness (QED) is 0.214. The van der Waals surface area contributed by atoms with Crippen LogP contribution in [0.25, 0.3) is 0 Å². The summed E-state index contributed by atoms with van der Waals surface area (Å²) in [5, 5.41) is 6.41. The van der Waals surface area contributed by atoms with Crippen LogP contribution < -0.4 is 15.4 Å². The molecule has 1 heterocycles. The Labute approximate surface area is 180 Å². The SMILES string of the molecule is CN=C(NCCNS(=O)(=O)c1ccc(C)cc1)NCCN1CCCCC1.I. The second-order valence-corrected chi connectivity index (χ2v) is 8.31. The van der Waals surface area contributed by atoms with E-state index in [1.807, 2.05) is 6.92 Å². The largest absolute Gasteiger partial charge is 0.355 e. The molecule has 0 unspecified atom stereocenters. The molecule has 1 aromatic rings. The lowest BCUT2D eigenvalue weighted by atomic mass is 10.1. The van der Waals surface area contributed by atoms with Crippen molar-refractivity contribution in [3.05, 3.63) is 29.8 Å². The lowest BCUT2D eigenvalue weighted by Crippen LogP contribution is -2.44. The minimum atomic E-state index is -3.47. The van der Waals surface area contributed by atoms with Crippen molar-refractivity contribution in [1.82, 2.24) is 20.3 Å². The zero-order valence-electron chi connectivity index (χ0n) is 16.2. The van der Waals surface area contributed by atoms with Crippen molar-refractivity contribution in [3.63, 3.8) is 0 Å². The van der Waals surface area contributed by atoms with Gasteiger partial charge in [0.05, 0.1) is 4.90 Å². The summed E-state index contributed by atoms with van der Waals surface area (Å²) in [5.74, 6) is 0.691. The van der Waals surface area contributed by atoms with E-state index in [0.717, 1.165) is 18.7 Å². The van der Waals surface area contributed by atoms with Gasteiger partial charge in [-0.2, -0.15) is 0 Å². The lowest BCUT2D eigenvalue weighted by Gasteiger charge is -2.26. The van der Waals surface area contributed by atoms with Gasteiger partial charge < -0.3 is 15.5 Å². The molecule has 0 spiro atoms. The Morgan fingerprint density at radius 3 is 2.30 bits per heavy atom. The summed E-state index contributed by atoms with van der Waals surface area (Å²) < 4.78 is 27.0. The van der Waals surface area contributed by atoms with Crippen molar-refractivity contribution >= 4 is 40.0 Å². The van der Waals surface area contributed by atoms with Crippen molar-refractivity contribution in [3.8, 4) is 0 Å². The number of piperidine rings is 1. The van der Waals surface area contributed by atoms with Gasteiger partial charge in [-0.05, 0) is 45.0 Å². The fourth-order valence-electron chi connectivity index (χ4n) is 2.90. The maximum Gasteiger partial charge on any atom is 0.240 e. The number of benzene rings is 1. The Morgan fingerprint density at radius 1 is 1.04 bits per heavy atom. The standard InChI is InChI=1S/C18H31N5O2S.HI/c1-16-6-8-17(9-7-16)26(24,25)22-11-10-20-18(19-2)21-12-15-23-13-4-3-5-14-23;/h6-9,22H,3-5,10-15H2,1-2H3,(H2,19,20,21);1H. The molecule has 1 aliphatic rings. The van der Waals surface area contributed by atoms with Gasteiger partial charge in [0, 0.05) is 33.2 Å². The number of hydrogen-bond donors (Lipinski definition) is 3. The zero-order valence-corrected chi connectivity index (χ0v) is 19.3. The minimum Gasteiger partial charge on any atom is -0.355 e. The molecule has 1 aliphatic heterocycles. The van der Waals surface area contributed by atoms with Crippen molar-refractivity contribution in [2.45, 2.75) is 31.1 Å². The number of rotatable bonds is 8. The molecule has 0 radical (unpaired) electrons. The first-order valence-electron chi connectivity index (χ1n) is 9.24. The summed E-state index contributed by atoms with van der Waals surface area (Å²) in [6.45, 7) is 6.87. The summed E-state index contributed by atoms with van der Waals surface area (Å²) in [4.78, 5) is 6.91. The maximum atomic E-state index is 12.2. The van der Waals surface area contributed by atoms with Crippen LogP contribution >= 0.6 is 24.0 Å². The molecule has 0 atom stereocenters. The number of halogens is 1. The first-order chi connectivity index (χ1) is 12.5. The molecule has 0 aromatic heterocycles. The van der Waals surface area contributed by atoms with E-state index in [1.54, 1.807) is 31.3 Å². The molecule has 9 heteroatoms. The van der Waals surface area contributed by atoms with E-state index in [9.17, 15) is 8.42 Å². The Kier molecular flexibility index (Phi) is 11.2. The van der Waals surface area contributed by atoms with Gasteiger partial charge in [-0.1, -0.05) is 24.1 Å². The first kappa shape index (κ1) is 24.1. The van der Waals surface area contributed by atoms with Crippen molar-refractivity contribution < 1.29 is 8.42 Å². The Bertz CT molecular complexity index is 673. The van der Waals surface area contributed by atoms with Crippen LogP contribution in [0.3, 0.4) is 0 Å². The van der Waals surface area contributed by atoms with E-state index in [-0.39, 0.29) is 28.9 Å². The molecule has 1 aromatic carbocycles. The van der Waals surface area contributed by atoms with Crippen LogP contribution in [0.2, 0.25) is 0 Å². The number of aryl methyl sites for hydroxylation is 1. The van der Waals surface area contributed by atoms with Gasteiger partial charge in [0.2, 0.25) is 10.0 Å². The van der Waals surface area contributed by atoms with Gasteiger partial charge in [-0.25, -0.2) is 13.1 Å². The number of likely N-dealkylation sites (tertiary alicyclic amines) is 1. The molecule has 1 saturated heterocycles. The van der Waals surface area contributed by atoms with Crippen LogP contribution in [-0.2, 0) is 10.0 Å². The molecule has 1 fully saturated rings. The van der Waals surface area contributed by atoms with Gasteiger partial charge in [0.1, 0.15) is 0 Å². The average Bonchev–Trinajstić information content (AvgIpc) is 2.65. The predicted molar refractivity (Wildman–Crippen MR) is 121 cm³/mol. The highest BCUT2D eigenvalue weighted by molar-refractivity contribution is 14.0. The van der Waals surface area contributed by atoms with Crippen LogP contribution in [0.15, 0.2) is 34.2 Å². The molecule has 27 heavy (non-hydrogen) atoms. The van der Waals surface area contributed by atoms with E-state index in [0.29, 0.717) is 19.0 Å². The van der Waals surface area contributed by atoms with Crippen LogP contribution in [0.4, 0.5) is 0 Å². The summed E-state index contributed by atoms with van der Waals surface area (Å²) in [6, 6.07) is 6.82. The Balaban J connectivity index is 0.00000364. The molecule has 2 rings (SSSR count). The fraction of sp³-hybridized carbons (Fsp3) is 0.611. The average molecular weight is 509 g/mol. The second kappa shape index (κ2) is 12.5. The molecule has 0 bridgehead atoms. The molecule has 0 saturated carbocycles. The molecule has 7 nitrogen and oxygen atoms in total. The highest BCUT2D eigenvalue weighted by atomic mass is 127. The van der Waals surface area contributed by atoms with Gasteiger partial charge >= 0.3 is 0 Å². The van der Waals surface area contributed by atoms with E-state index in [2.05, 4.69) is 25.2 Å². The fourth-order valence-corrected chi connectivity index (χ4v) is 3.93. The van der Waals surface area contributed by atoms with Gasteiger partial charge in [-0.15, -0.1) is 24.0 Å². The van der Waals surface area contributed by atoms with Crippen LogP contribution in [0.5, 0.6) is 0 Å². The summed E-state index contributed by atoms with van der Waals surface area (Å²) in [7, 11) is -1.76. The molecular weight excluding hydrogens is 477 g/mol. The highest BCUT2D eigenvalue weighted by Crippen LogP contribution is 2.09. The first-order valence-corrected chi connectivity index (χ1v) is 10.7. The van der Waals surface area contributed by atoms with E-state index in [1.165, 1.54) is 32.4 Å². The van der Waals surface area contributed by atoms with E-state index in [4.69, 9.17) is 0 Å². The second-order valence-electron chi connectivity index (χ2n) is 6.54. The third-order valence-corrected chi connectivity index (χ3v) is 5.91. The third-order valence-electron chi connectivity index (χ3n) is 4.43. The van der Waals surface area contributed by atoms with Crippen LogP contribution in [-0.4, -0.2) is 65.6 Å².